The molecule has 0 fully saturated rings. The summed E-state index contributed by atoms with van der Waals surface area (Å²) >= 11 is 0. The van der Waals surface area contributed by atoms with E-state index >= 15 is 0 Å². The molecule has 0 unspecified atom stereocenters. The molecule has 0 aliphatic carbocycles. The molecule has 0 heterocycles. The van der Waals surface area contributed by atoms with Gasteiger partial charge in [-0.3, -0.25) is 4.79 Å². The lowest BCUT2D eigenvalue weighted by molar-refractivity contribution is -0.116. The van der Waals surface area contributed by atoms with Crippen molar-refractivity contribution in [2.45, 2.75) is 12.8 Å². The molecular formula is C20H23N3O3. The number of rotatable bonds is 9. The van der Waals surface area contributed by atoms with Crippen LogP contribution < -0.4 is 20.1 Å². The van der Waals surface area contributed by atoms with Crippen LogP contribution in [0.5, 0.6) is 11.5 Å². The molecule has 0 saturated heterocycles. The SMILES string of the molecule is COc1ccc(CCNCCC(=O)Nc2ccc(C#N)cc2)cc1OC. The van der Waals surface area contributed by atoms with Crippen molar-refractivity contribution < 1.29 is 14.3 Å². The van der Waals surface area contributed by atoms with Crippen LogP contribution in [0.1, 0.15) is 17.5 Å². The van der Waals surface area contributed by atoms with Gasteiger partial charge in [-0.1, -0.05) is 6.07 Å². The van der Waals surface area contributed by atoms with Crippen molar-refractivity contribution in [2.75, 3.05) is 32.6 Å². The van der Waals surface area contributed by atoms with Gasteiger partial charge in [-0.25, -0.2) is 0 Å². The van der Waals surface area contributed by atoms with Crippen LogP contribution in [0.25, 0.3) is 0 Å². The Kier molecular flexibility index (Phi) is 7.47. The Morgan fingerprint density at radius 3 is 2.42 bits per heavy atom. The van der Waals surface area contributed by atoms with E-state index in [2.05, 4.69) is 10.6 Å². The van der Waals surface area contributed by atoms with Crippen molar-refractivity contribution in [3.63, 3.8) is 0 Å². The predicted molar refractivity (Wildman–Crippen MR) is 101 cm³/mol. The van der Waals surface area contributed by atoms with Crippen LogP contribution in [0.4, 0.5) is 5.69 Å². The number of nitrogens with one attached hydrogen (secondary N) is 2. The molecule has 0 spiro atoms. The van der Waals surface area contributed by atoms with Gasteiger partial charge in [0.2, 0.25) is 5.91 Å². The first-order chi connectivity index (χ1) is 12.7. The molecule has 0 aliphatic heterocycles. The average molecular weight is 353 g/mol. The quantitative estimate of drug-likeness (QED) is 0.677. The summed E-state index contributed by atoms with van der Waals surface area (Å²) in [4.78, 5) is 11.9. The zero-order valence-electron chi connectivity index (χ0n) is 15.0. The third-order valence-electron chi connectivity index (χ3n) is 3.86. The monoisotopic (exact) mass is 353 g/mol. The van der Waals surface area contributed by atoms with Crippen molar-refractivity contribution >= 4 is 11.6 Å². The summed E-state index contributed by atoms with van der Waals surface area (Å²) < 4.78 is 10.5. The Labute approximate surface area is 153 Å². The maximum absolute atomic E-state index is 11.9. The minimum Gasteiger partial charge on any atom is -0.493 e. The van der Waals surface area contributed by atoms with Gasteiger partial charge in [-0.05, 0) is 54.9 Å². The van der Waals surface area contributed by atoms with Crippen molar-refractivity contribution in [3.05, 3.63) is 53.6 Å². The van der Waals surface area contributed by atoms with Gasteiger partial charge in [-0.15, -0.1) is 0 Å². The van der Waals surface area contributed by atoms with Gasteiger partial charge in [0.05, 0.1) is 25.9 Å². The first-order valence-electron chi connectivity index (χ1n) is 8.38. The molecule has 6 nitrogen and oxygen atoms in total. The predicted octanol–water partition coefficient (Wildman–Crippen LogP) is 2.74. The number of carbonyl (C=O) groups is 1. The van der Waals surface area contributed by atoms with E-state index in [1.807, 2.05) is 24.3 Å². The Morgan fingerprint density at radius 2 is 1.77 bits per heavy atom. The number of carbonyl (C=O) groups excluding carboxylic acids is 1. The molecule has 2 aromatic carbocycles. The summed E-state index contributed by atoms with van der Waals surface area (Å²) in [5, 5.41) is 14.8. The number of benzene rings is 2. The van der Waals surface area contributed by atoms with Crippen molar-refractivity contribution in [1.29, 1.82) is 5.26 Å². The fraction of sp³-hybridized carbons (Fsp3) is 0.300. The van der Waals surface area contributed by atoms with Gasteiger partial charge in [-0.2, -0.15) is 5.26 Å². The molecule has 0 atom stereocenters. The summed E-state index contributed by atoms with van der Waals surface area (Å²) in [6.45, 7) is 1.36. The van der Waals surface area contributed by atoms with E-state index in [0.717, 1.165) is 18.5 Å². The van der Waals surface area contributed by atoms with Gasteiger partial charge in [0.25, 0.3) is 0 Å². The third kappa shape index (κ3) is 5.80. The number of ether oxygens (including phenoxy) is 2. The normalized spacial score (nSPS) is 10.0. The van der Waals surface area contributed by atoms with E-state index in [-0.39, 0.29) is 5.91 Å². The van der Waals surface area contributed by atoms with Crippen LogP contribution in [0.3, 0.4) is 0 Å². The second kappa shape index (κ2) is 10.1. The van der Waals surface area contributed by atoms with Crippen LogP contribution in [-0.2, 0) is 11.2 Å². The zero-order chi connectivity index (χ0) is 18.8. The minimum absolute atomic E-state index is 0.0617. The number of hydrogen-bond donors (Lipinski definition) is 2. The fourth-order valence-electron chi connectivity index (χ4n) is 2.45. The Hall–Kier alpha value is -3.04. The summed E-state index contributed by atoms with van der Waals surface area (Å²) in [7, 11) is 3.23. The molecule has 0 aliphatic rings. The molecule has 2 aromatic rings. The lowest BCUT2D eigenvalue weighted by Gasteiger charge is -2.10. The molecular weight excluding hydrogens is 330 g/mol. The molecule has 6 heteroatoms. The van der Waals surface area contributed by atoms with Gasteiger partial charge < -0.3 is 20.1 Å². The Balaban J connectivity index is 1.68. The first kappa shape index (κ1) is 19.3. The molecule has 2 N–H and O–H groups in total. The molecule has 1 amide bonds. The summed E-state index contributed by atoms with van der Waals surface area (Å²) in [6.07, 6.45) is 1.21. The number of amides is 1. The van der Waals surface area contributed by atoms with Gasteiger partial charge in [0.1, 0.15) is 0 Å². The number of methoxy groups -OCH3 is 2. The lowest BCUT2D eigenvalue weighted by Crippen LogP contribution is -2.23. The minimum atomic E-state index is -0.0617. The number of hydrogen-bond acceptors (Lipinski definition) is 5. The van der Waals surface area contributed by atoms with Crippen LogP contribution in [0, 0.1) is 11.3 Å². The molecule has 0 aromatic heterocycles. The maximum Gasteiger partial charge on any atom is 0.225 e. The lowest BCUT2D eigenvalue weighted by atomic mass is 10.1. The summed E-state index contributed by atoms with van der Waals surface area (Å²) in [6, 6.07) is 14.7. The topological polar surface area (TPSA) is 83.4 Å². The molecule has 2 rings (SSSR count). The standard InChI is InChI=1S/C20H23N3O3/c1-25-18-8-5-15(13-19(18)26-2)9-11-22-12-10-20(24)23-17-6-3-16(14-21)4-7-17/h3-8,13,22H,9-12H2,1-2H3,(H,23,24). The van der Waals surface area contributed by atoms with Crippen LogP contribution in [0.15, 0.2) is 42.5 Å². The smallest absolute Gasteiger partial charge is 0.225 e. The molecule has 26 heavy (non-hydrogen) atoms. The highest BCUT2D eigenvalue weighted by Crippen LogP contribution is 2.27. The average Bonchev–Trinajstić information content (AvgIpc) is 2.68. The van der Waals surface area contributed by atoms with E-state index in [0.29, 0.717) is 35.7 Å². The Morgan fingerprint density at radius 1 is 1.04 bits per heavy atom. The maximum atomic E-state index is 11.9. The highest BCUT2D eigenvalue weighted by Gasteiger charge is 2.05. The van der Waals surface area contributed by atoms with Crippen LogP contribution in [-0.4, -0.2) is 33.2 Å². The molecule has 0 bridgehead atoms. The van der Waals surface area contributed by atoms with Gasteiger partial charge in [0, 0.05) is 18.7 Å². The second-order valence-electron chi connectivity index (χ2n) is 5.68. The zero-order valence-corrected chi connectivity index (χ0v) is 15.0. The van der Waals surface area contributed by atoms with Crippen LogP contribution >= 0.6 is 0 Å². The van der Waals surface area contributed by atoms with E-state index < -0.39 is 0 Å². The Bertz CT molecular complexity index is 767. The van der Waals surface area contributed by atoms with Gasteiger partial charge >= 0.3 is 0 Å². The summed E-state index contributed by atoms with van der Waals surface area (Å²) in [5.74, 6) is 1.36. The van der Waals surface area contributed by atoms with Crippen molar-refractivity contribution in [2.24, 2.45) is 0 Å². The molecule has 0 radical (unpaired) electrons. The van der Waals surface area contributed by atoms with E-state index in [4.69, 9.17) is 14.7 Å². The third-order valence-corrected chi connectivity index (χ3v) is 3.86. The summed E-state index contributed by atoms with van der Waals surface area (Å²) in [5.41, 5.74) is 2.40. The van der Waals surface area contributed by atoms with Gasteiger partial charge in [0.15, 0.2) is 11.5 Å². The highest BCUT2D eigenvalue weighted by atomic mass is 16.5. The fourth-order valence-corrected chi connectivity index (χ4v) is 2.45. The number of anilines is 1. The molecule has 0 saturated carbocycles. The van der Waals surface area contributed by atoms with E-state index in [9.17, 15) is 4.79 Å². The highest BCUT2D eigenvalue weighted by molar-refractivity contribution is 5.90. The molecule has 136 valence electrons. The largest absolute Gasteiger partial charge is 0.493 e. The number of nitriles is 1. The van der Waals surface area contributed by atoms with Crippen molar-refractivity contribution in [1.82, 2.24) is 5.32 Å². The van der Waals surface area contributed by atoms with E-state index in [1.165, 1.54) is 0 Å². The van der Waals surface area contributed by atoms with E-state index in [1.54, 1.807) is 38.5 Å². The van der Waals surface area contributed by atoms with Crippen LogP contribution in [0.2, 0.25) is 0 Å². The number of nitrogens with zero attached hydrogens (tertiary/aromatic N) is 1. The first-order valence-corrected chi connectivity index (χ1v) is 8.38. The van der Waals surface area contributed by atoms with Crippen molar-refractivity contribution in [3.8, 4) is 17.6 Å². The second-order valence-corrected chi connectivity index (χ2v) is 5.68.